The molecule has 1 heterocycles. The van der Waals surface area contributed by atoms with Gasteiger partial charge in [0, 0.05) is 25.8 Å². The summed E-state index contributed by atoms with van der Waals surface area (Å²) in [7, 11) is 0. The van der Waals surface area contributed by atoms with Crippen LogP contribution in [0.3, 0.4) is 0 Å². The van der Waals surface area contributed by atoms with Crippen LogP contribution in [0.1, 0.15) is 33.6 Å². The van der Waals surface area contributed by atoms with E-state index in [0.29, 0.717) is 12.0 Å². The van der Waals surface area contributed by atoms with Crippen LogP contribution in [0.15, 0.2) is 0 Å². The van der Waals surface area contributed by atoms with Gasteiger partial charge in [0.1, 0.15) is 0 Å². The molecule has 1 saturated heterocycles. The van der Waals surface area contributed by atoms with Crippen LogP contribution in [-0.4, -0.2) is 37.5 Å². The SMILES string of the molecule is CC(C)(C)C(CCO)NCC1CCOC1. The molecule has 90 valence electrons. The van der Waals surface area contributed by atoms with Crippen LogP contribution in [0, 0.1) is 11.3 Å². The van der Waals surface area contributed by atoms with Gasteiger partial charge < -0.3 is 15.2 Å². The number of ether oxygens (including phenoxy) is 1. The summed E-state index contributed by atoms with van der Waals surface area (Å²) in [4.78, 5) is 0. The Morgan fingerprint density at radius 2 is 2.20 bits per heavy atom. The Kier molecular flexibility index (Phi) is 5.03. The topological polar surface area (TPSA) is 41.5 Å². The molecule has 0 amide bonds. The molecule has 3 nitrogen and oxygen atoms in total. The average Bonchev–Trinajstić information content (AvgIpc) is 2.62. The third kappa shape index (κ3) is 4.49. The standard InChI is InChI=1S/C12H25NO2/c1-12(2,3)11(4-6-14)13-8-10-5-7-15-9-10/h10-11,13-14H,4-9H2,1-3H3. The molecule has 0 aromatic heterocycles. The lowest BCUT2D eigenvalue weighted by Gasteiger charge is -2.32. The predicted molar refractivity (Wildman–Crippen MR) is 61.9 cm³/mol. The van der Waals surface area contributed by atoms with Gasteiger partial charge in [-0.25, -0.2) is 0 Å². The molecule has 1 aliphatic rings. The number of hydrogen-bond donors (Lipinski definition) is 2. The van der Waals surface area contributed by atoms with E-state index in [1.165, 1.54) is 6.42 Å². The molecule has 0 radical (unpaired) electrons. The lowest BCUT2D eigenvalue weighted by molar-refractivity contribution is 0.172. The van der Waals surface area contributed by atoms with Crippen molar-refractivity contribution in [3.8, 4) is 0 Å². The fourth-order valence-electron chi connectivity index (χ4n) is 2.02. The Hall–Kier alpha value is -0.120. The first-order chi connectivity index (χ1) is 7.04. The molecule has 0 bridgehead atoms. The summed E-state index contributed by atoms with van der Waals surface area (Å²) < 4.78 is 5.35. The fraction of sp³-hybridized carbons (Fsp3) is 1.00. The zero-order valence-electron chi connectivity index (χ0n) is 10.3. The molecule has 15 heavy (non-hydrogen) atoms. The monoisotopic (exact) mass is 215 g/mol. The predicted octanol–water partition coefficient (Wildman–Crippen LogP) is 1.41. The minimum atomic E-state index is 0.211. The van der Waals surface area contributed by atoms with Crippen LogP contribution >= 0.6 is 0 Å². The van der Waals surface area contributed by atoms with Gasteiger partial charge in [0.25, 0.3) is 0 Å². The van der Waals surface area contributed by atoms with Gasteiger partial charge in [0.15, 0.2) is 0 Å². The maximum Gasteiger partial charge on any atom is 0.0507 e. The van der Waals surface area contributed by atoms with Crippen LogP contribution in [0.25, 0.3) is 0 Å². The Balaban J connectivity index is 2.30. The van der Waals surface area contributed by atoms with E-state index in [-0.39, 0.29) is 12.0 Å². The smallest absolute Gasteiger partial charge is 0.0507 e. The number of rotatable bonds is 5. The molecule has 0 spiro atoms. The third-order valence-corrected chi connectivity index (χ3v) is 3.14. The molecule has 0 aliphatic carbocycles. The zero-order chi connectivity index (χ0) is 11.3. The molecular formula is C12H25NO2. The molecule has 1 rings (SSSR count). The third-order valence-electron chi connectivity index (χ3n) is 3.14. The van der Waals surface area contributed by atoms with Gasteiger partial charge in [-0.2, -0.15) is 0 Å². The van der Waals surface area contributed by atoms with E-state index in [4.69, 9.17) is 9.84 Å². The van der Waals surface area contributed by atoms with Crippen LogP contribution in [0.2, 0.25) is 0 Å². The highest BCUT2D eigenvalue weighted by atomic mass is 16.5. The van der Waals surface area contributed by atoms with Gasteiger partial charge >= 0.3 is 0 Å². The van der Waals surface area contributed by atoms with Gasteiger partial charge in [-0.05, 0) is 24.2 Å². The van der Waals surface area contributed by atoms with Gasteiger partial charge in [0.05, 0.1) is 6.61 Å². The summed E-state index contributed by atoms with van der Waals surface area (Å²) in [6.07, 6.45) is 2.00. The zero-order valence-corrected chi connectivity index (χ0v) is 10.3. The molecule has 3 heteroatoms. The number of aliphatic hydroxyl groups is 1. The van der Waals surface area contributed by atoms with E-state index in [9.17, 15) is 0 Å². The summed E-state index contributed by atoms with van der Waals surface area (Å²) in [5.41, 5.74) is 0.211. The molecule has 1 fully saturated rings. The van der Waals surface area contributed by atoms with Crippen LogP contribution in [0.4, 0.5) is 0 Å². The van der Waals surface area contributed by atoms with Crippen LogP contribution < -0.4 is 5.32 Å². The lowest BCUT2D eigenvalue weighted by Crippen LogP contribution is -2.43. The van der Waals surface area contributed by atoms with Crippen molar-refractivity contribution in [2.24, 2.45) is 11.3 Å². The molecule has 2 atom stereocenters. The molecule has 0 aromatic carbocycles. The van der Waals surface area contributed by atoms with E-state index >= 15 is 0 Å². The molecular weight excluding hydrogens is 190 g/mol. The van der Waals surface area contributed by atoms with Crippen molar-refractivity contribution >= 4 is 0 Å². The van der Waals surface area contributed by atoms with Crippen molar-refractivity contribution < 1.29 is 9.84 Å². The second-order valence-corrected chi connectivity index (χ2v) is 5.57. The highest BCUT2D eigenvalue weighted by Crippen LogP contribution is 2.22. The van der Waals surface area contributed by atoms with Crippen molar-refractivity contribution in [1.82, 2.24) is 5.32 Å². The van der Waals surface area contributed by atoms with E-state index in [1.807, 2.05) is 0 Å². The molecule has 1 aliphatic heterocycles. The van der Waals surface area contributed by atoms with Gasteiger partial charge in [-0.15, -0.1) is 0 Å². The number of nitrogens with one attached hydrogen (secondary N) is 1. The summed E-state index contributed by atoms with van der Waals surface area (Å²) in [5.74, 6) is 0.661. The maximum atomic E-state index is 9.03. The minimum absolute atomic E-state index is 0.211. The average molecular weight is 215 g/mol. The minimum Gasteiger partial charge on any atom is -0.396 e. The first-order valence-corrected chi connectivity index (χ1v) is 5.96. The van der Waals surface area contributed by atoms with E-state index < -0.39 is 0 Å². The van der Waals surface area contributed by atoms with Crippen molar-refractivity contribution in [3.63, 3.8) is 0 Å². The summed E-state index contributed by atoms with van der Waals surface area (Å²) >= 11 is 0. The Bertz CT molecular complexity index is 171. The van der Waals surface area contributed by atoms with Gasteiger partial charge in [0.2, 0.25) is 0 Å². The van der Waals surface area contributed by atoms with Gasteiger partial charge in [-0.3, -0.25) is 0 Å². The first-order valence-electron chi connectivity index (χ1n) is 5.96. The molecule has 2 N–H and O–H groups in total. The lowest BCUT2D eigenvalue weighted by atomic mass is 9.84. The van der Waals surface area contributed by atoms with Crippen molar-refractivity contribution in [3.05, 3.63) is 0 Å². The molecule has 0 saturated carbocycles. The van der Waals surface area contributed by atoms with E-state index in [0.717, 1.165) is 26.2 Å². The summed E-state index contributed by atoms with van der Waals surface area (Å²) in [5, 5.41) is 12.6. The first kappa shape index (κ1) is 12.9. The van der Waals surface area contributed by atoms with E-state index in [2.05, 4.69) is 26.1 Å². The second kappa shape index (κ2) is 5.83. The van der Waals surface area contributed by atoms with Gasteiger partial charge in [-0.1, -0.05) is 20.8 Å². The Morgan fingerprint density at radius 3 is 2.67 bits per heavy atom. The fourth-order valence-corrected chi connectivity index (χ4v) is 2.02. The Morgan fingerprint density at radius 1 is 1.47 bits per heavy atom. The maximum absolute atomic E-state index is 9.03. The number of aliphatic hydroxyl groups excluding tert-OH is 1. The highest BCUT2D eigenvalue weighted by Gasteiger charge is 2.25. The molecule has 0 aromatic rings. The quantitative estimate of drug-likeness (QED) is 0.728. The number of hydrogen-bond acceptors (Lipinski definition) is 3. The van der Waals surface area contributed by atoms with Crippen molar-refractivity contribution in [2.75, 3.05) is 26.4 Å². The highest BCUT2D eigenvalue weighted by molar-refractivity contribution is 4.81. The van der Waals surface area contributed by atoms with Crippen LogP contribution in [-0.2, 0) is 4.74 Å². The molecule has 2 unspecified atom stereocenters. The van der Waals surface area contributed by atoms with Crippen molar-refractivity contribution in [2.45, 2.75) is 39.7 Å². The van der Waals surface area contributed by atoms with E-state index in [1.54, 1.807) is 0 Å². The Labute approximate surface area is 93.2 Å². The van der Waals surface area contributed by atoms with Crippen molar-refractivity contribution in [1.29, 1.82) is 0 Å². The summed E-state index contributed by atoms with van der Waals surface area (Å²) in [6, 6.07) is 0.392. The largest absolute Gasteiger partial charge is 0.396 e. The second-order valence-electron chi connectivity index (χ2n) is 5.57. The normalized spacial score (nSPS) is 24.4. The summed E-state index contributed by atoms with van der Waals surface area (Å²) in [6.45, 7) is 9.72. The van der Waals surface area contributed by atoms with Crippen LogP contribution in [0.5, 0.6) is 0 Å².